The number of carboxylic acids is 1. The van der Waals surface area contributed by atoms with Crippen molar-refractivity contribution in [1.29, 1.82) is 0 Å². The first-order valence-corrected chi connectivity index (χ1v) is 11.1. The molecule has 5 rings (SSSR count). The lowest BCUT2D eigenvalue weighted by Gasteiger charge is -2.34. The molecule has 1 spiro atoms. The van der Waals surface area contributed by atoms with Crippen molar-refractivity contribution < 1.29 is 19.4 Å². The number of ether oxygens (including phenoxy) is 1. The number of aryl methyl sites for hydroxylation is 1. The Bertz CT molecular complexity index is 1100. The third-order valence-corrected chi connectivity index (χ3v) is 7.45. The molecule has 2 bridgehead atoms. The number of carbonyl (C=O) groups excluding carboxylic acids is 1. The number of nitrogens with two attached hydrogens (primary N) is 1. The fraction of sp³-hybridized carbons (Fsp3) is 0.542. The molecular formula is C24H29N3O4. The van der Waals surface area contributed by atoms with Crippen LogP contribution in [-0.4, -0.2) is 45.6 Å². The van der Waals surface area contributed by atoms with Gasteiger partial charge >= 0.3 is 5.97 Å². The van der Waals surface area contributed by atoms with E-state index < -0.39 is 5.97 Å². The average molecular weight is 424 g/mol. The molecule has 4 atom stereocenters. The van der Waals surface area contributed by atoms with Crippen LogP contribution in [0.25, 0.3) is 10.9 Å². The minimum absolute atomic E-state index is 0.0295. The van der Waals surface area contributed by atoms with Crippen LogP contribution in [0.1, 0.15) is 55.6 Å². The Morgan fingerprint density at radius 1 is 1.32 bits per heavy atom. The molecular weight excluding hydrogens is 394 g/mol. The third-order valence-electron chi connectivity index (χ3n) is 7.45. The molecule has 1 aromatic heterocycles. The molecule has 3 aliphatic rings. The van der Waals surface area contributed by atoms with Crippen LogP contribution in [0.15, 0.2) is 18.2 Å². The van der Waals surface area contributed by atoms with Crippen LogP contribution in [-0.2, 0) is 4.79 Å². The second-order valence-corrected chi connectivity index (χ2v) is 9.90. The average Bonchev–Trinajstić information content (AvgIpc) is 3.30. The first-order chi connectivity index (χ1) is 14.7. The molecule has 0 radical (unpaired) electrons. The van der Waals surface area contributed by atoms with E-state index in [0.29, 0.717) is 47.0 Å². The first kappa shape index (κ1) is 20.1. The predicted octanol–water partition coefficient (Wildman–Crippen LogP) is 3.63. The van der Waals surface area contributed by atoms with Gasteiger partial charge in [-0.15, -0.1) is 0 Å². The standard InChI is InChI=1S/C24H29N3O4/c1-12(2)22(28)27-15-7-14(8-24(9-15)10-18(24)27)11-31-17-6-4-5-16-20(17)21(25)19(23(29)30)13(3)26-16/h4-6,12,14-15,18H,7-11H2,1-3H3,(H2,25,26)(H,29,30)/t14?,15?,18?,24-/m0/s1. The summed E-state index contributed by atoms with van der Waals surface area (Å²) < 4.78 is 6.23. The number of anilines is 1. The fourth-order valence-corrected chi connectivity index (χ4v) is 6.10. The molecule has 7 heteroatoms. The van der Waals surface area contributed by atoms with Gasteiger partial charge in [0.25, 0.3) is 0 Å². The molecule has 2 aliphatic carbocycles. The van der Waals surface area contributed by atoms with Gasteiger partial charge in [0.1, 0.15) is 11.3 Å². The van der Waals surface area contributed by atoms with Crippen molar-refractivity contribution in [3.8, 4) is 5.75 Å². The Balaban J connectivity index is 1.37. The van der Waals surface area contributed by atoms with E-state index in [1.807, 2.05) is 32.0 Å². The van der Waals surface area contributed by atoms with Crippen molar-refractivity contribution in [3.63, 3.8) is 0 Å². The SMILES string of the molecule is Cc1nc2cccc(OCC3CC4C[C@@]5(C3)CC5N4C(=O)C(C)C)c2c(N)c1C(=O)O. The summed E-state index contributed by atoms with van der Waals surface area (Å²) in [5.74, 6) is 0.160. The number of nitrogen functional groups attached to an aromatic ring is 1. The number of aromatic nitrogens is 1. The van der Waals surface area contributed by atoms with Gasteiger partial charge in [-0.1, -0.05) is 19.9 Å². The topological polar surface area (TPSA) is 106 Å². The summed E-state index contributed by atoms with van der Waals surface area (Å²) in [7, 11) is 0. The molecule has 7 nitrogen and oxygen atoms in total. The summed E-state index contributed by atoms with van der Waals surface area (Å²) in [6.45, 7) is 6.14. The largest absolute Gasteiger partial charge is 0.493 e. The Morgan fingerprint density at radius 3 is 2.81 bits per heavy atom. The van der Waals surface area contributed by atoms with Crippen molar-refractivity contribution >= 4 is 28.5 Å². The van der Waals surface area contributed by atoms with Crippen LogP contribution < -0.4 is 10.5 Å². The minimum atomic E-state index is -1.09. The van der Waals surface area contributed by atoms with Gasteiger partial charge in [0.05, 0.1) is 28.9 Å². The summed E-state index contributed by atoms with van der Waals surface area (Å²) in [4.78, 5) is 31.0. The highest BCUT2D eigenvalue weighted by Gasteiger charge is 2.68. The Morgan fingerprint density at radius 2 is 2.10 bits per heavy atom. The van der Waals surface area contributed by atoms with Crippen LogP contribution in [0.2, 0.25) is 0 Å². The van der Waals surface area contributed by atoms with Gasteiger partial charge in [0.2, 0.25) is 5.91 Å². The molecule has 164 valence electrons. The van der Waals surface area contributed by atoms with Crippen molar-refractivity contribution in [3.05, 3.63) is 29.5 Å². The van der Waals surface area contributed by atoms with Gasteiger partial charge in [-0.25, -0.2) is 4.79 Å². The molecule has 2 heterocycles. The number of fused-ring (bicyclic) bond motifs is 2. The van der Waals surface area contributed by atoms with E-state index in [2.05, 4.69) is 9.88 Å². The summed E-state index contributed by atoms with van der Waals surface area (Å²) in [5.41, 5.74) is 7.79. The van der Waals surface area contributed by atoms with Gasteiger partial charge in [0.15, 0.2) is 0 Å². The van der Waals surface area contributed by atoms with E-state index in [0.717, 1.165) is 25.7 Å². The van der Waals surface area contributed by atoms with Crippen molar-refractivity contribution in [2.45, 2.75) is 58.5 Å². The van der Waals surface area contributed by atoms with E-state index in [1.54, 1.807) is 6.92 Å². The molecule has 31 heavy (non-hydrogen) atoms. The lowest BCUT2D eigenvalue weighted by atomic mass is 9.78. The van der Waals surface area contributed by atoms with Gasteiger partial charge in [-0.05, 0) is 56.1 Å². The Kier molecular flexibility index (Phi) is 4.43. The number of piperidine rings is 1. The van der Waals surface area contributed by atoms with E-state index in [1.165, 1.54) is 0 Å². The van der Waals surface area contributed by atoms with Crippen LogP contribution >= 0.6 is 0 Å². The third kappa shape index (κ3) is 3.05. The number of amides is 1. The predicted molar refractivity (Wildman–Crippen MR) is 117 cm³/mol. The molecule has 1 saturated heterocycles. The molecule has 1 aromatic carbocycles. The minimum Gasteiger partial charge on any atom is -0.493 e. The monoisotopic (exact) mass is 423 g/mol. The number of aromatic carboxylic acids is 1. The zero-order valence-electron chi connectivity index (χ0n) is 18.2. The van der Waals surface area contributed by atoms with Crippen molar-refractivity contribution in [2.75, 3.05) is 12.3 Å². The number of carboxylic acid groups (broad SMARTS) is 1. The van der Waals surface area contributed by atoms with E-state index in [4.69, 9.17) is 10.5 Å². The lowest BCUT2D eigenvalue weighted by Crippen LogP contribution is -2.42. The van der Waals surface area contributed by atoms with Crippen LogP contribution in [0.4, 0.5) is 5.69 Å². The number of likely N-dealkylation sites (tertiary alicyclic amines) is 1. The molecule has 3 unspecified atom stereocenters. The number of hydrogen-bond donors (Lipinski definition) is 2. The molecule has 2 aromatic rings. The Hall–Kier alpha value is -2.83. The van der Waals surface area contributed by atoms with Crippen LogP contribution in [0.5, 0.6) is 5.75 Å². The van der Waals surface area contributed by atoms with Crippen molar-refractivity contribution in [2.24, 2.45) is 17.3 Å². The number of benzene rings is 1. The second kappa shape index (κ2) is 6.84. The van der Waals surface area contributed by atoms with Gasteiger partial charge < -0.3 is 20.5 Å². The maximum Gasteiger partial charge on any atom is 0.339 e. The summed E-state index contributed by atoms with van der Waals surface area (Å²) >= 11 is 0. The highest BCUT2D eigenvalue weighted by atomic mass is 16.5. The highest BCUT2D eigenvalue weighted by Crippen LogP contribution is 2.66. The number of nitrogens with zero attached hydrogens (tertiary/aromatic N) is 2. The maximum absolute atomic E-state index is 12.7. The van der Waals surface area contributed by atoms with E-state index in [9.17, 15) is 14.7 Å². The van der Waals surface area contributed by atoms with E-state index in [-0.39, 0.29) is 28.5 Å². The second-order valence-electron chi connectivity index (χ2n) is 9.90. The smallest absolute Gasteiger partial charge is 0.339 e. The van der Waals surface area contributed by atoms with Crippen LogP contribution in [0, 0.1) is 24.2 Å². The van der Waals surface area contributed by atoms with Gasteiger partial charge in [-0.2, -0.15) is 0 Å². The van der Waals surface area contributed by atoms with Gasteiger partial charge in [-0.3, -0.25) is 9.78 Å². The van der Waals surface area contributed by atoms with Crippen molar-refractivity contribution in [1.82, 2.24) is 9.88 Å². The molecule has 3 N–H and O–H groups in total. The lowest BCUT2D eigenvalue weighted by molar-refractivity contribution is -0.136. The maximum atomic E-state index is 12.7. The zero-order valence-corrected chi connectivity index (χ0v) is 18.2. The number of rotatable bonds is 5. The summed E-state index contributed by atoms with van der Waals surface area (Å²) in [6.07, 6.45) is 4.27. The summed E-state index contributed by atoms with van der Waals surface area (Å²) in [5, 5.41) is 10.1. The van der Waals surface area contributed by atoms with E-state index >= 15 is 0 Å². The molecule has 2 saturated carbocycles. The Labute approximate surface area is 181 Å². The molecule has 1 aliphatic heterocycles. The zero-order chi connectivity index (χ0) is 22.1. The molecule has 1 amide bonds. The number of pyridine rings is 1. The number of carbonyl (C=O) groups is 2. The molecule has 3 fully saturated rings. The number of hydrogen-bond acceptors (Lipinski definition) is 5. The first-order valence-electron chi connectivity index (χ1n) is 11.1. The fourth-order valence-electron chi connectivity index (χ4n) is 6.10. The van der Waals surface area contributed by atoms with Crippen LogP contribution in [0.3, 0.4) is 0 Å². The quantitative estimate of drug-likeness (QED) is 0.761. The van der Waals surface area contributed by atoms with Gasteiger partial charge in [0, 0.05) is 18.0 Å². The highest BCUT2D eigenvalue weighted by molar-refractivity contribution is 6.06. The summed E-state index contributed by atoms with van der Waals surface area (Å²) in [6, 6.07) is 6.23. The normalized spacial score (nSPS) is 28.6.